The van der Waals surface area contributed by atoms with Gasteiger partial charge in [0.15, 0.2) is 0 Å². The molecule has 1 aromatic carbocycles. The summed E-state index contributed by atoms with van der Waals surface area (Å²) < 4.78 is 6.08. The lowest BCUT2D eigenvalue weighted by Gasteiger charge is -2.02. The second kappa shape index (κ2) is 4.66. The molecular weight excluding hydrogens is 276 g/mol. The van der Waals surface area contributed by atoms with Gasteiger partial charge < -0.3 is 10.5 Å². The molecule has 0 spiro atoms. The van der Waals surface area contributed by atoms with Gasteiger partial charge in [0, 0.05) is 5.69 Å². The van der Waals surface area contributed by atoms with E-state index >= 15 is 0 Å². The number of ether oxygens (including phenoxy) is 1. The molecule has 4 heteroatoms. The lowest BCUT2D eigenvalue weighted by atomic mass is 10.3. The Balaban J connectivity index is 0.000001000. The molecule has 0 aliphatic rings. The van der Waals surface area contributed by atoms with E-state index in [0.717, 1.165) is 15.0 Å². The minimum atomic E-state index is 0. The van der Waals surface area contributed by atoms with Gasteiger partial charge in [0.05, 0.1) is 10.7 Å². The third-order valence-corrected chi connectivity index (χ3v) is 2.02. The zero-order chi connectivity index (χ0) is 7.56. The summed E-state index contributed by atoms with van der Waals surface area (Å²) in [6.45, 7) is 0. The molecule has 0 aliphatic heterocycles. The largest absolute Gasteiger partial charge is 0.496 e. The van der Waals surface area contributed by atoms with E-state index in [1.807, 2.05) is 18.2 Å². The Morgan fingerprint density at radius 3 is 2.55 bits per heavy atom. The highest BCUT2D eigenvalue weighted by Gasteiger charge is 1.96. The Morgan fingerprint density at radius 2 is 2.09 bits per heavy atom. The SMILES string of the molecule is COc1ccc(N)cc1I.Cl. The molecule has 0 saturated heterocycles. The Labute approximate surface area is 85.7 Å². The zero-order valence-corrected chi connectivity index (χ0v) is 8.98. The number of nitrogens with two attached hydrogens (primary N) is 1. The molecule has 1 rings (SSSR count). The van der Waals surface area contributed by atoms with Gasteiger partial charge in [0.1, 0.15) is 5.75 Å². The number of hydrogen-bond donors (Lipinski definition) is 1. The molecule has 1 aromatic rings. The van der Waals surface area contributed by atoms with Gasteiger partial charge in [0.25, 0.3) is 0 Å². The van der Waals surface area contributed by atoms with Crippen molar-refractivity contribution in [3.8, 4) is 5.75 Å². The van der Waals surface area contributed by atoms with Crippen molar-refractivity contribution >= 4 is 40.7 Å². The third kappa shape index (κ3) is 2.75. The maximum Gasteiger partial charge on any atom is 0.132 e. The van der Waals surface area contributed by atoms with Crippen molar-refractivity contribution in [2.75, 3.05) is 12.8 Å². The summed E-state index contributed by atoms with van der Waals surface area (Å²) in [4.78, 5) is 0. The predicted octanol–water partition coefficient (Wildman–Crippen LogP) is 2.30. The fourth-order valence-electron chi connectivity index (χ4n) is 0.683. The molecule has 0 saturated carbocycles. The van der Waals surface area contributed by atoms with E-state index in [1.54, 1.807) is 7.11 Å². The van der Waals surface area contributed by atoms with Crippen LogP contribution in [0.4, 0.5) is 5.69 Å². The molecule has 11 heavy (non-hydrogen) atoms. The fourth-order valence-corrected chi connectivity index (χ4v) is 1.44. The summed E-state index contributed by atoms with van der Waals surface area (Å²) in [6, 6.07) is 5.55. The molecule has 2 nitrogen and oxygen atoms in total. The van der Waals surface area contributed by atoms with Gasteiger partial charge in [-0.25, -0.2) is 0 Å². The summed E-state index contributed by atoms with van der Waals surface area (Å²) in [5.41, 5.74) is 6.29. The first-order chi connectivity index (χ1) is 4.74. The smallest absolute Gasteiger partial charge is 0.132 e. The molecule has 62 valence electrons. The Hall–Kier alpha value is -0.160. The molecular formula is C7H9ClINO. The maximum absolute atomic E-state index is 5.52. The van der Waals surface area contributed by atoms with Crippen molar-refractivity contribution in [1.82, 2.24) is 0 Å². The number of methoxy groups -OCH3 is 1. The summed E-state index contributed by atoms with van der Waals surface area (Å²) >= 11 is 2.18. The maximum atomic E-state index is 5.52. The first-order valence-electron chi connectivity index (χ1n) is 2.83. The molecule has 0 radical (unpaired) electrons. The van der Waals surface area contributed by atoms with Crippen molar-refractivity contribution in [3.05, 3.63) is 21.8 Å². The fraction of sp³-hybridized carbons (Fsp3) is 0.143. The van der Waals surface area contributed by atoms with Gasteiger partial charge in [-0.1, -0.05) is 0 Å². The second-order valence-electron chi connectivity index (χ2n) is 1.89. The average molecular weight is 286 g/mol. The molecule has 0 atom stereocenters. The van der Waals surface area contributed by atoms with Crippen molar-refractivity contribution in [2.45, 2.75) is 0 Å². The van der Waals surface area contributed by atoms with E-state index in [0.29, 0.717) is 0 Å². The van der Waals surface area contributed by atoms with Gasteiger partial charge in [0.2, 0.25) is 0 Å². The van der Waals surface area contributed by atoms with Crippen LogP contribution in [0.2, 0.25) is 0 Å². The van der Waals surface area contributed by atoms with Gasteiger partial charge >= 0.3 is 0 Å². The molecule has 0 fully saturated rings. The van der Waals surface area contributed by atoms with Gasteiger partial charge in [-0.2, -0.15) is 0 Å². The van der Waals surface area contributed by atoms with Crippen LogP contribution in [0.1, 0.15) is 0 Å². The van der Waals surface area contributed by atoms with Crippen LogP contribution in [0.15, 0.2) is 18.2 Å². The molecule has 0 heterocycles. The van der Waals surface area contributed by atoms with Crippen molar-refractivity contribution in [2.24, 2.45) is 0 Å². The summed E-state index contributed by atoms with van der Waals surface area (Å²) in [6.07, 6.45) is 0. The summed E-state index contributed by atoms with van der Waals surface area (Å²) in [5, 5.41) is 0. The predicted molar refractivity (Wildman–Crippen MR) is 57.4 cm³/mol. The number of rotatable bonds is 1. The van der Waals surface area contributed by atoms with Crippen LogP contribution >= 0.6 is 35.0 Å². The number of nitrogen functional groups attached to an aromatic ring is 1. The highest BCUT2D eigenvalue weighted by Crippen LogP contribution is 2.21. The number of anilines is 1. The quantitative estimate of drug-likeness (QED) is 0.635. The standard InChI is InChI=1S/C7H8INO.ClH/c1-10-7-3-2-5(9)4-6(7)8;/h2-4H,9H2,1H3;1H. The molecule has 0 unspecified atom stereocenters. The van der Waals surface area contributed by atoms with Crippen LogP contribution in [-0.4, -0.2) is 7.11 Å². The first-order valence-corrected chi connectivity index (χ1v) is 3.91. The van der Waals surface area contributed by atoms with Crippen LogP contribution in [0.25, 0.3) is 0 Å². The van der Waals surface area contributed by atoms with Crippen LogP contribution in [0.5, 0.6) is 5.75 Å². The minimum Gasteiger partial charge on any atom is -0.496 e. The highest BCUT2D eigenvalue weighted by molar-refractivity contribution is 14.1. The zero-order valence-electron chi connectivity index (χ0n) is 6.00. The lowest BCUT2D eigenvalue weighted by Crippen LogP contribution is -1.89. The number of benzene rings is 1. The molecule has 0 amide bonds. The topological polar surface area (TPSA) is 35.2 Å². The number of halogens is 2. The van der Waals surface area contributed by atoms with Crippen LogP contribution in [-0.2, 0) is 0 Å². The summed E-state index contributed by atoms with van der Waals surface area (Å²) in [5.74, 6) is 0.870. The van der Waals surface area contributed by atoms with Crippen LogP contribution in [0, 0.1) is 3.57 Å². The van der Waals surface area contributed by atoms with Gasteiger partial charge in [-0.05, 0) is 40.8 Å². The second-order valence-corrected chi connectivity index (χ2v) is 3.06. The monoisotopic (exact) mass is 285 g/mol. The highest BCUT2D eigenvalue weighted by atomic mass is 127. The van der Waals surface area contributed by atoms with Crippen molar-refractivity contribution in [3.63, 3.8) is 0 Å². The Kier molecular flexibility index (Phi) is 4.60. The van der Waals surface area contributed by atoms with E-state index in [2.05, 4.69) is 22.6 Å². The van der Waals surface area contributed by atoms with Crippen LogP contribution < -0.4 is 10.5 Å². The first kappa shape index (κ1) is 10.8. The van der Waals surface area contributed by atoms with Gasteiger partial charge in [-0.3, -0.25) is 0 Å². The lowest BCUT2D eigenvalue weighted by molar-refractivity contribution is 0.412. The van der Waals surface area contributed by atoms with Crippen molar-refractivity contribution < 1.29 is 4.74 Å². The van der Waals surface area contributed by atoms with E-state index in [9.17, 15) is 0 Å². The van der Waals surface area contributed by atoms with E-state index in [-0.39, 0.29) is 12.4 Å². The van der Waals surface area contributed by atoms with E-state index in [4.69, 9.17) is 10.5 Å². The molecule has 0 aromatic heterocycles. The normalized spacial score (nSPS) is 8.55. The average Bonchev–Trinajstić information content (AvgIpc) is 1.88. The van der Waals surface area contributed by atoms with Gasteiger partial charge in [-0.15, -0.1) is 12.4 Å². The Morgan fingerprint density at radius 1 is 1.45 bits per heavy atom. The van der Waals surface area contributed by atoms with E-state index < -0.39 is 0 Å². The van der Waals surface area contributed by atoms with E-state index in [1.165, 1.54) is 0 Å². The molecule has 0 bridgehead atoms. The van der Waals surface area contributed by atoms with Crippen molar-refractivity contribution in [1.29, 1.82) is 0 Å². The molecule has 0 aliphatic carbocycles. The third-order valence-electron chi connectivity index (χ3n) is 1.18. The Bertz CT molecular complexity index is 242. The minimum absolute atomic E-state index is 0. The summed E-state index contributed by atoms with van der Waals surface area (Å²) in [7, 11) is 1.65. The number of hydrogen-bond acceptors (Lipinski definition) is 2. The van der Waals surface area contributed by atoms with Crippen LogP contribution in [0.3, 0.4) is 0 Å². The molecule has 2 N–H and O–H groups in total.